The molecule has 2 aromatic rings. The summed E-state index contributed by atoms with van der Waals surface area (Å²) < 4.78 is 11.3. The molecule has 5 heteroatoms. The van der Waals surface area contributed by atoms with E-state index in [0.717, 1.165) is 37.0 Å². The summed E-state index contributed by atoms with van der Waals surface area (Å²) in [6.45, 7) is 0.543. The lowest BCUT2D eigenvalue weighted by Crippen LogP contribution is -2.42. The quantitative estimate of drug-likeness (QED) is 0.801. The fourth-order valence-electron chi connectivity index (χ4n) is 3.05. The first kappa shape index (κ1) is 18.3. The summed E-state index contributed by atoms with van der Waals surface area (Å²) in [5.74, 6) is 1.33. The van der Waals surface area contributed by atoms with Crippen LogP contribution in [-0.4, -0.2) is 24.6 Å². The minimum Gasteiger partial charge on any atom is -0.489 e. The maximum Gasteiger partial charge on any atom is 0.258 e. The largest absolute Gasteiger partial charge is 0.489 e. The molecular weight excluding hydrogens is 328 g/mol. The van der Waals surface area contributed by atoms with Crippen LogP contribution in [0.3, 0.4) is 0 Å². The fourth-order valence-corrected chi connectivity index (χ4v) is 3.05. The predicted octanol–water partition coefficient (Wildman–Crippen LogP) is 3.03. The molecule has 0 bridgehead atoms. The zero-order valence-electron chi connectivity index (χ0n) is 14.9. The highest BCUT2D eigenvalue weighted by atomic mass is 16.5. The van der Waals surface area contributed by atoms with Crippen molar-refractivity contribution in [2.75, 3.05) is 6.61 Å². The van der Waals surface area contributed by atoms with Crippen LogP contribution in [0.5, 0.6) is 11.5 Å². The van der Waals surface area contributed by atoms with Crippen molar-refractivity contribution in [3.05, 3.63) is 60.2 Å². The molecule has 0 unspecified atom stereocenters. The summed E-state index contributed by atoms with van der Waals surface area (Å²) in [4.78, 5) is 12.0. The lowest BCUT2D eigenvalue weighted by molar-refractivity contribution is -0.124. The molecule has 0 atom stereocenters. The molecule has 1 fully saturated rings. The van der Waals surface area contributed by atoms with Gasteiger partial charge >= 0.3 is 0 Å². The predicted molar refractivity (Wildman–Crippen MR) is 101 cm³/mol. The third-order valence-corrected chi connectivity index (χ3v) is 4.58. The molecule has 3 N–H and O–H groups in total. The van der Waals surface area contributed by atoms with Crippen molar-refractivity contribution in [2.45, 2.75) is 44.4 Å². The summed E-state index contributed by atoms with van der Waals surface area (Å²) in [6, 6.07) is 17.8. The minimum absolute atomic E-state index is 0.0206. The van der Waals surface area contributed by atoms with E-state index in [9.17, 15) is 4.79 Å². The Morgan fingerprint density at radius 2 is 1.54 bits per heavy atom. The second-order valence-electron chi connectivity index (χ2n) is 6.71. The molecule has 2 aromatic carbocycles. The van der Waals surface area contributed by atoms with Crippen LogP contribution in [0.1, 0.15) is 31.2 Å². The van der Waals surface area contributed by atoms with Gasteiger partial charge < -0.3 is 20.5 Å². The number of carbonyl (C=O) groups excluding carboxylic acids is 1. The summed E-state index contributed by atoms with van der Waals surface area (Å²) in [5.41, 5.74) is 7.00. The van der Waals surface area contributed by atoms with Gasteiger partial charge in [-0.25, -0.2) is 0 Å². The summed E-state index contributed by atoms with van der Waals surface area (Å²) in [7, 11) is 0. The molecule has 0 heterocycles. The van der Waals surface area contributed by atoms with Crippen LogP contribution < -0.4 is 20.5 Å². The highest BCUT2D eigenvalue weighted by Gasteiger charge is 2.20. The smallest absolute Gasteiger partial charge is 0.258 e. The van der Waals surface area contributed by atoms with Crippen molar-refractivity contribution in [2.24, 2.45) is 5.73 Å². The van der Waals surface area contributed by atoms with Crippen LogP contribution in [0, 0.1) is 0 Å². The normalized spacial score (nSPS) is 19.6. The van der Waals surface area contributed by atoms with Crippen molar-refractivity contribution in [1.29, 1.82) is 0 Å². The van der Waals surface area contributed by atoms with Crippen molar-refractivity contribution >= 4 is 5.91 Å². The van der Waals surface area contributed by atoms with E-state index in [-0.39, 0.29) is 24.6 Å². The average molecular weight is 354 g/mol. The highest BCUT2D eigenvalue weighted by Crippen LogP contribution is 2.19. The zero-order chi connectivity index (χ0) is 18.2. The van der Waals surface area contributed by atoms with Gasteiger partial charge in [0.05, 0.1) is 0 Å². The number of rotatable bonds is 7. The molecule has 0 saturated heterocycles. The van der Waals surface area contributed by atoms with Gasteiger partial charge in [0.2, 0.25) is 0 Å². The van der Waals surface area contributed by atoms with Crippen molar-refractivity contribution in [3.63, 3.8) is 0 Å². The number of nitrogens with one attached hydrogen (secondary N) is 1. The average Bonchev–Trinajstić information content (AvgIpc) is 2.68. The molecule has 3 rings (SSSR count). The monoisotopic (exact) mass is 354 g/mol. The topological polar surface area (TPSA) is 73.6 Å². The van der Waals surface area contributed by atoms with E-state index in [1.165, 1.54) is 0 Å². The summed E-state index contributed by atoms with van der Waals surface area (Å²) in [6.07, 6.45) is 3.83. The first-order valence-electron chi connectivity index (χ1n) is 9.13. The van der Waals surface area contributed by atoms with Crippen LogP contribution in [0.2, 0.25) is 0 Å². The molecule has 0 aliphatic heterocycles. The lowest BCUT2D eigenvalue weighted by atomic mass is 9.92. The third kappa shape index (κ3) is 5.77. The van der Waals surface area contributed by atoms with Gasteiger partial charge in [-0.3, -0.25) is 4.79 Å². The zero-order valence-corrected chi connectivity index (χ0v) is 14.9. The molecule has 1 amide bonds. The van der Waals surface area contributed by atoms with Crippen LogP contribution in [0.15, 0.2) is 54.6 Å². The third-order valence-electron chi connectivity index (χ3n) is 4.58. The van der Waals surface area contributed by atoms with Crippen LogP contribution in [-0.2, 0) is 11.4 Å². The minimum atomic E-state index is -0.0881. The van der Waals surface area contributed by atoms with Crippen LogP contribution >= 0.6 is 0 Å². The Morgan fingerprint density at radius 1 is 0.923 bits per heavy atom. The van der Waals surface area contributed by atoms with Crippen molar-refractivity contribution < 1.29 is 14.3 Å². The second-order valence-corrected chi connectivity index (χ2v) is 6.71. The van der Waals surface area contributed by atoms with E-state index >= 15 is 0 Å². The Labute approximate surface area is 154 Å². The van der Waals surface area contributed by atoms with Crippen molar-refractivity contribution in [1.82, 2.24) is 5.32 Å². The second kappa shape index (κ2) is 9.25. The molecule has 0 radical (unpaired) electrons. The Bertz CT molecular complexity index is 680. The number of hydrogen-bond acceptors (Lipinski definition) is 4. The Hall–Kier alpha value is -2.53. The number of nitrogens with two attached hydrogens (primary N) is 1. The van der Waals surface area contributed by atoms with E-state index in [0.29, 0.717) is 12.4 Å². The SMILES string of the molecule is NC1CCC(NC(=O)COc2ccc(OCc3ccccc3)cc2)CC1. The molecule has 1 aliphatic carbocycles. The number of ether oxygens (including phenoxy) is 2. The molecule has 5 nitrogen and oxygen atoms in total. The molecular formula is C21H26N2O3. The number of amides is 1. The van der Waals surface area contributed by atoms with E-state index < -0.39 is 0 Å². The van der Waals surface area contributed by atoms with Crippen LogP contribution in [0.25, 0.3) is 0 Å². The first-order chi connectivity index (χ1) is 12.7. The molecule has 0 spiro atoms. The Morgan fingerprint density at radius 3 is 2.19 bits per heavy atom. The maximum atomic E-state index is 12.0. The molecule has 1 saturated carbocycles. The van der Waals surface area contributed by atoms with Gasteiger partial charge in [0.1, 0.15) is 18.1 Å². The summed E-state index contributed by atoms with van der Waals surface area (Å²) >= 11 is 0. The summed E-state index contributed by atoms with van der Waals surface area (Å²) in [5, 5.41) is 3.02. The van der Waals surface area contributed by atoms with Crippen molar-refractivity contribution in [3.8, 4) is 11.5 Å². The van der Waals surface area contributed by atoms with Gasteiger partial charge in [0, 0.05) is 12.1 Å². The molecule has 138 valence electrons. The van der Waals surface area contributed by atoms with E-state index in [2.05, 4.69) is 5.32 Å². The van der Waals surface area contributed by atoms with Crippen LogP contribution in [0.4, 0.5) is 0 Å². The van der Waals surface area contributed by atoms with Gasteiger partial charge in [-0.1, -0.05) is 30.3 Å². The number of hydrogen-bond donors (Lipinski definition) is 2. The lowest BCUT2D eigenvalue weighted by Gasteiger charge is -2.26. The first-order valence-corrected chi connectivity index (χ1v) is 9.13. The van der Waals surface area contributed by atoms with Gasteiger partial charge in [0.25, 0.3) is 5.91 Å². The maximum absolute atomic E-state index is 12.0. The molecule has 26 heavy (non-hydrogen) atoms. The van der Waals surface area contributed by atoms with Gasteiger partial charge in [-0.05, 0) is 55.5 Å². The number of carbonyl (C=O) groups is 1. The number of benzene rings is 2. The fraction of sp³-hybridized carbons (Fsp3) is 0.381. The Balaban J connectivity index is 1.39. The van der Waals surface area contributed by atoms with Gasteiger partial charge in [0.15, 0.2) is 6.61 Å². The standard InChI is InChI=1S/C21H26N2O3/c22-17-6-8-18(9-7-17)23-21(24)15-26-20-12-10-19(11-13-20)25-14-16-4-2-1-3-5-16/h1-5,10-13,17-18H,6-9,14-15,22H2,(H,23,24). The Kier molecular flexibility index (Phi) is 6.50. The van der Waals surface area contributed by atoms with E-state index in [4.69, 9.17) is 15.2 Å². The van der Waals surface area contributed by atoms with Gasteiger partial charge in [-0.2, -0.15) is 0 Å². The van der Waals surface area contributed by atoms with Gasteiger partial charge in [-0.15, -0.1) is 0 Å². The van der Waals surface area contributed by atoms with E-state index in [1.807, 2.05) is 54.6 Å². The molecule has 0 aromatic heterocycles. The van der Waals surface area contributed by atoms with E-state index in [1.54, 1.807) is 0 Å². The molecule has 1 aliphatic rings. The highest BCUT2D eigenvalue weighted by molar-refractivity contribution is 5.77.